The zero-order chi connectivity index (χ0) is 9.26. The molecule has 2 aromatic rings. The number of fused-ring (bicyclic) bond motifs is 1. The summed E-state index contributed by atoms with van der Waals surface area (Å²) in [7, 11) is 0. The molecule has 13 heavy (non-hydrogen) atoms. The van der Waals surface area contributed by atoms with E-state index in [1.807, 2.05) is 6.07 Å². The van der Waals surface area contributed by atoms with Crippen LogP contribution in [0.2, 0.25) is 0 Å². The summed E-state index contributed by atoms with van der Waals surface area (Å²) in [6, 6.07) is 6.68. The Hall–Kier alpha value is -1.42. The van der Waals surface area contributed by atoms with E-state index in [-0.39, 0.29) is 5.82 Å². The topological polar surface area (TPSA) is 32.6 Å². The lowest BCUT2D eigenvalue weighted by molar-refractivity contribution is 0.322. The van der Waals surface area contributed by atoms with Crippen molar-refractivity contribution in [3.8, 4) is 0 Å². The smallest absolute Gasteiger partial charge is 0.141 e. The second-order valence-electron chi connectivity index (χ2n) is 2.55. The lowest BCUT2D eigenvalue weighted by Crippen LogP contribution is -1.69. The standard InChI is InChI=1S/C9H6FNOS/c10-8-3-1-2-6-4-7(5-11-12)13-9(6)8/h1-5,12H/b11-5+. The lowest BCUT2D eigenvalue weighted by Gasteiger charge is -1.87. The highest BCUT2D eigenvalue weighted by Crippen LogP contribution is 2.26. The van der Waals surface area contributed by atoms with Crippen LogP contribution in [0.1, 0.15) is 4.88 Å². The molecule has 0 radical (unpaired) electrons. The number of rotatable bonds is 1. The van der Waals surface area contributed by atoms with Gasteiger partial charge in [-0.25, -0.2) is 4.39 Å². The fourth-order valence-electron chi connectivity index (χ4n) is 1.17. The largest absolute Gasteiger partial charge is 0.411 e. The molecule has 0 bridgehead atoms. The summed E-state index contributed by atoms with van der Waals surface area (Å²) in [6.45, 7) is 0. The predicted molar refractivity (Wildman–Crippen MR) is 51.2 cm³/mol. The summed E-state index contributed by atoms with van der Waals surface area (Å²) in [5.74, 6) is -0.236. The zero-order valence-electron chi connectivity index (χ0n) is 6.57. The van der Waals surface area contributed by atoms with Gasteiger partial charge in [-0.1, -0.05) is 17.3 Å². The normalized spacial score (nSPS) is 11.5. The SMILES string of the molecule is O/N=C/c1cc2cccc(F)c2s1. The van der Waals surface area contributed by atoms with Crippen molar-refractivity contribution in [2.75, 3.05) is 0 Å². The Morgan fingerprint density at radius 2 is 2.31 bits per heavy atom. The van der Waals surface area contributed by atoms with Gasteiger partial charge in [0.15, 0.2) is 0 Å². The first-order valence-electron chi connectivity index (χ1n) is 3.67. The molecule has 0 saturated heterocycles. The Morgan fingerprint density at radius 1 is 1.46 bits per heavy atom. The van der Waals surface area contributed by atoms with Crippen molar-refractivity contribution >= 4 is 27.6 Å². The van der Waals surface area contributed by atoms with Crippen molar-refractivity contribution in [3.63, 3.8) is 0 Å². The maximum atomic E-state index is 13.1. The van der Waals surface area contributed by atoms with Crippen molar-refractivity contribution < 1.29 is 9.60 Å². The van der Waals surface area contributed by atoms with E-state index in [1.54, 1.807) is 12.1 Å². The van der Waals surface area contributed by atoms with E-state index in [9.17, 15) is 4.39 Å². The molecule has 1 aromatic heterocycles. The van der Waals surface area contributed by atoms with E-state index < -0.39 is 0 Å². The number of oxime groups is 1. The van der Waals surface area contributed by atoms with Gasteiger partial charge in [-0.2, -0.15) is 0 Å². The second kappa shape index (κ2) is 3.14. The minimum atomic E-state index is -0.236. The van der Waals surface area contributed by atoms with Gasteiger partial charge in [-0.15, -0.1) is 11.3 Å². The van der Waals surface area contributed by atoms with E-state index in [1.165, 1.54) is 23.6 Å². The van der Waals surface area contributed by atoms with Crippen LogP contribution >= 0.6 is 11.3 Å². The third-order valence-electron chi connectivity index (χ3n) is 1.70. The molecule has 0 unspecified atom stereocenters. The third-order valence-corrected chi connectivity index (χ3v) is 2.79. The number of hydrogen-bond donors (Lipinski definition) is 1. The average molecular weight is 195 g/mol. The molecule has 0 amide bonds. The zero-order valence-corrected chi connectivity index (χ0v) is 7.38. The quantitative estimate of drug-likeness (QED) is 0.423. The fourth-order valence-corrected chi connectivity index (χ4v) is 2.10. The number of benzene rings is 1. The average Bonchev–Trinajstić information content (AvgIpc) is 2.49. The molecule has 1 heterocycles. The first kappa shape index (κ1) is 8.19. The molecule has 4 heteroatoms. The van der Waals surface area contributed by atoms with Crippen LogP contribution in [0.5, 0.6) is 0 Å². The molecule has 1 aromatic carbocycles. The highest BCUT2D eigenvalue weighted by atomic mass is 32.1. The monoisotopic (exact) mass is 195 g/mol. The van der Waals surface area contributed by atoms with Crippen LogP contribution in [0.3, 0.4) is 0 Å². The van der Waals surface area contributed by atoms with Gasteiger partial charge in [0.25, 0.3) is 0 Å². The van der Waals surface area contributed by atoms with E-state index >= 15 is 0 Å². The summed E-state index contributed by atoms with van der Waals surface area (Å²) in [5.41, 5.74) is 0. The first-order valence-corrected chi connectivity index (χ1v) is 4.48. The van der Waals surface area contributed by atoms with Crippen molar-refractivity contribution in [3.05, 3.63) is 35.0 Å². The van der Waals surface area contributed by atoms with Gasteiger partial charge in [0, 0.05) is 0 Å². The third kappa shape index (κ3) is 1.40. The maximum Gasteiger partial charge on any atom is 0.141 e. The highest BCUT2D eigenvalue weighted by molar-refractivity contribution is 7.20. The van der Waals surface area contributed by atoms with Gasteiger partial charge in [0.05, 0.1) is 15.8 Å². The first-order chi connectivity index (χ1) is 6.31. The van der Waals surface area contributed by atoms with Crippen molar-refractivity contribution in [2.45, 2.75) is 0 Å². The Labute approximate surface area is 77.9 Å². The van der Waals surface area contributed by atoms with Crippen LogP contribution < -0.4 is 0 Å². The van der Waals surface area contributed by atoms with E-state index in [4.69, 9.17) is 5.21 Å². The molecule has 0 spiro atoms. The molecule has 0 aliphatic carbocycles. The Morgan fingerprint density at radius 3 is 3.00 bits per heavy atom. The van der Waals surface area contributed by atoms with E-state index in [0.717, 1.165) is 10.3 Å². The highest BCUT2D eigenvalue weighted by Gasteiger charge is 2.03. The molecule has 0 aliphatic heterocycles. The number of hydrogen-bond acceptors (Lipinski definition) is 3. The number of thiophene rings is 1. The molecular formula is C9H6FNOS. The summed E-state index contributed by atoms with van der Waals surface area (Å²) in [5, 5.41) is 12.0. The van der Waals surface area contributed by atoms with Crippen molar-refractivity contribution in [1.82, 2.24) is 0 Å². The van der Waals surface area contributed by atoms with Crippen LogP contribution in [0.25, 0.3) is 10.1 Å². The van der Waals surface area contributed by atoms with Gasteiger partial charge in [0.2, 0.25) is 0 Å². The van der Waals surface area contributed by atoms with Crippen LogP contribution in [0.15, 0.2) is 29.4 Å². The molecule has 0 aliphatic rings. The second-order valence-corrected chi connectivity index (χ2v) is 3.64. The van der Waals surface area contributed by atoms with Crippen LogP contribution in [-0.2, 0) is 0 Å². The van der Waals surface area contributed by atoms with Crippen LogP contribution in [0.4, 0.5) is 4.39 Å². The Kier molecular flexibility index (Phi) is 1.98. The minimum absolute atomic E-state index is 0.236. The van der Waals surface area contributed by atoms with Gasteiger partial charge < -0.3 is 5.21 Å². The summed E-state index contributed by atoms with van der Waals surface area (Å²) in [6.07, 6.45) is 1.30. The molecule has 0 saturated carbocycles. The molecule has 0 fully saturated rings. The maximum absolute atomic E-state index is 13.1. The van der Waals surface area contributed by atoms with Crippen LogP contribution in [-0.4, -0.2) is 11.4 Å². The number of halogens is 1. The number of nitrogens with zero attached hydrogens (tertiary/aromatic N) is 1. The molecule has 0 atom stereocenters. The van der Waals surface area contributed by atoms with Gasteiger partial charge in [-0.05, 0) is 17.5 Å². The van der Waals surface area contributed by atoms with Crippen molar-refractivity contribution in [2.24, 2.45) is 5.16 Å². The summed E-state index contributed by atoms with van der Waals surface area (Å²) in [4.78, 5) is 0.739. The molecule has 1 N–H and O–H groups in total. The Balaban J connectivity index is 2.68. The summed E-state index contributed by atoms with van der Waals surface area (Å²) >= 11 is 1.26. The molecule has 66 valence electrons. The van der Waals surface area contributed by atoms with Gasteiger partial charge in [0.1, 0.15) is 5.82 Å². The van der Waals surface area contributed by atoms with E-state index in [0.29, 0.717) is 4.70 Å². The molecule has 2 nitrogen and oxygen atoms in total. The minimum Gasteiger partial charge on any atom is -0.411 e. The van der Waals surface area contributed by atoms with Crippen LogP contribution in [0, 0.1) is 5.82 Å². The fraction of sp³-hybridized carbons (Fsp3) is 0. The Bertz CT molecular complexity index is 464. The molecular weight excluding hydrogens is 189 g/mol. The predicted octanol–water partition coefficient (Wildman–Crippen LogP) is 2.85. The summed E-state index contributed by atoms with van der Waals surface area (Å²) < 4.78 is 13.7. The lowest BCUT2D eigenvalue weighted by atomic mass is 10.2. The van der Waals surface area contributed by atoms with Gasteiger partial charge in [-0.3, -0.25) is 0 Å². The molecule has 2 rings (SSSR count). The van der Waals surface area contributed by atoms with Gasteiger partial charge >= 0.3 is 0 Å². The van der Waals surface area contributed by atoms with Crippen molar-refractivity contribution in [1.29, 1.82) is 0 Å². The van der Waals surface area contributed by atoms with E-state index in [2.05, 4.69) is 5.16 Å².